The van der Waals surface area contributed by atoms with Crippen LogP contribution in [-0.2, 0) is 0 Å². The van der Waals surface area contributed by atoms with Gasteiger partial charge in [0.15, 0.2) is 22.4 Å². The number of halogens is 1. The maximum Gasteiger partial charge on any atom is 0.173 e. The average molecular weight is 389 g/mol. The van der Waals surface area contributed by atoms with E-state index in [-0.39, 0.29) is 11.5 Å². The first-order chi connectivity index (χ1) is 12.6. The Hall–Kier alpha value is -2.44. The van der Waals surface area contributed by atoms with Crippen LogP contribution in [0.1, 0.15) is 10.4 Å². The predicted octanol–water partition coefficient (Wildman–Crippen LogP) is 4.52. The van der Waals surface area contributed by atoms with Crippen molar-refractivity contribution in [2.24, 2.45) is 0 Å². The third kappa shape index (κ3) is 4.03. The first kappa shape index (κ1) is 18.4. The largest absolute Gasteiger partial charge is 0.493 e. The van der Waals surface area contributed by atoms with E-state index in [9.17, 15) is 4.79 Å². The summed E-state index contributed by atoms with van der Waals surface area (Å²) in [6, 6.07) is 12.6. The van der Waals surface area contributed by atoms with Gasteiger partial charge < -0.3 is 9.47 Å². The molecule has 7 heteroatoms. The fourth-order valence-corrected chi connectivity index (χ4v) is 3.49. The number of methoxy groups -OCH3 is 2. The monoisotopic (exact) mass is 388 g/mol. The Kier molecular flexibility index (Phi) is 5.85. The molecule has 0 bridgehead atoms. The first-order valence-electron chi connectivity index (χ1n) is 7.79. The molecule has 0 atom stereocenters. The molecular formula is C19H17ClN2O3S. The fourth-order valence-electron chi connectivity index (χ4n) is 2.44. The van der Waals surface area contributed by atoms with Crippen LogP contribution >= 0.6 is 23.4 Å². The molecule has 2 aromatic carbocycles. The van der Waals surface area contributed by atoms with Crippen molar-refractivity contribution >= 4 is 29.1 Å². The number of benzene rings is 2. The summed E-state index contributed by atoms with van der Waals surface area (Å²) in [7, 11) is 3.10. The van der Waals surface area contributed by atoms with E-state index in [1.165, 1.54) is 11.8 Å². The number of nitrogens with zero attached hydrogens (tertiary/aromatic N) is 2. The summed E-state index contributed by atoms with van der Waals surface area (Å²) in [5.41, 5.74) is 1.46. The van der Waals surface area contributed by atoms with Gasteiger partial charge in [-0.2, -0.15) is 0 Å². The zero-order valence-electron chi connectivity index (χ0n) is 14.3. The van der Waals surface area contributed by atoms with E-state index in [4.69, 9.17) is 21.1 Å². The molecule has 5 nitrogen and oxygen atoms in total. The summed E-state index contributed by atoms with van der Waals surface area (Å²) in [6.45, 7) is 0. The van der Waals surface area contributed by atoms with Gasteiger partial charge in [0, 0.05) is 28.7 Å². The second-order valence-electron chi connectivity index (χ2n) is 5.34. The molecule has 26 heavy (non-hydrogen) atoms. The van der Waals surface area contributed by atoms with E-state index >= 15 is 0 Å². The Balaban J connectivity index is 1.74. The molecule has 0 radical (unpaired) electrons. The molecule has 134 valence electrons. The van der Waals surface area contributed by atoms with E-state index in [0.717, 1.165) is 10.8 Å². The molecule has 1 aromatic heterocycles. The van der Waals surface area contributed by atoms with E-state index in [0.29, 0.717) is 22.1 Å². The summed E-state index contributed by atoms with van der Waals surface area (Å²) in [4.78, 5) is 16.9. The van der Waals surface area contributed by atoms with Crippen LogP contribution < -0.4 is 9.47 Å². The lowest BCUT2D eigenvalue weighted by molar-refractivity contribution is 0.102. The lowest BCUT2D eigenvalue weighted by atomic mass is 10.1. The number of ketones is 1. The summed E-state index contributed by atoms with van der Waals surface area (Å²) >= 11 is 7.43. The van der Waals surface area contributed by atoms with Gasteiger partial charge >= 0.3 is 0 Å². The number of aromatic nitrogens is 2. The Morgan fingerprint density at radius 3 is 2.69 bits per heavy atom. The van der Waals surface area contributed by atoms with Crippen LogP contribution in [0, 0.1) is 0 Å². The van der Waals surface area contributed by atoms with Gasteiger partial charge in [-0.25, -0.2) is 4.98 Å². The smallest absolute Gasteiger partial charge is 0.173 e. The van der Waals surface area contributed by atoms with Crippen LogP contribution in [-0.4, -0.2) is 35.3 Å². The van der Waals surface area contributed by atoms with Crippen molar-refractivity contribution in [3.63, 3.8) is 0 Å². The quantitative estimate of drug-likeness (QED) is 0.440. The van der Waals surface area contributed by atoms with Crippen LogP contribution in [0.3, 0.4) is 0 Å². The highest BCUT2D eigenvalue weighted by atomic mass is 35.5. The van der Waals surface area contributed by atoms with Crippen LogP contribution in [0.25, 0.3) is 5.69 Å². The maximum atomic E-state index is 12.5. The van der Waals surface area contributed by atoms with Gasteiger partial charge in [0.05, 0.1) is 20.0 Å². The lowest BCUT2D eigenvalue weighted by Crippen LogP contribution is -2.05. The van der Waals surface area contributed by atoms with Crippen molar-refractivity contribution in [1.29, 1.82) is 0 Å². The molecule has 0 aliphatic rings. The van der Waals surface area contributed by atoms with Gasteiger partial charge in [-0.1, -0.05) is 29.4 Å². The Morgan fingerprint density at radius 2 is 1.96 bits per heavy atom. The van der Waals surface area contributed by atoms with Gasteiger partial charge in [-0.3, -0.25) is 9.36 Å². The third-order valence-electron chi connectivity index (χ3n) is 3.73. The number of carbonyl (C=O) groups is 1. The van der Waals surface area contributed by atoms with Crippen molar-refractivity contribution in [3.05, 3.63) is 65.4 Å². The first-order valence-corrected chi connectivity index (χ1v) is 9.16. The molecular weight excluding hydrogens is 372 g/mol. The summed E-state index contributed by atoms with van der Waals surface area (Å²) in [5.74, 6) is 1.36. The van der Waals surface area contributed by atoms with Gasteiger partial charge in [0.2, 0.25) is 0 Å². The minimum atomic E-state index is -0.0170. The van der Waals surface area contributed by atoms with E-state index in [1.54, 1.807) is 38.6 Å². The number of thioether (sulfide) groups is 1. The standard InChI is InChI=1S/C19H17ClN2O3S/c1-24-17-7-6-13(10-18(17)25-2)16(23)12-26-19-21-8-9-22(19)15-5-3-4-14(20)11-15/h3-11H,12H2,1-2H3. The molecule has 0 N–H and O–H groups in total. The number of rotatable bonds is 7. The van der Waals surface area contributed by atoms with Crippen LogP contribution in [0.2, 0.25) is 5.02 Å². The average Bonchev–Trinajstić information content (AvgIpc) is 3.14. The van der Waals surface area contributed by atoms with Crippen LogP contribution in [0.4, 0.5) is 0 Å². The normalized spacial score (nSPS) is 10.6. The molecule has 0 aliphatic heterocycles. The second-order valence-corrected chi connectivity index (χ2v) is 6.72. The second kappa shape index (κ2) is 8.29. The van der Waals surface area contributed by atoms with Crippen LogP contribution in [0.5, 0.6) is 11.5 Å². The molecule has 1 heterocycles. The van der Waals surface area contributed by atoms with Crippen molar-refractivity contribution < 1.29 is 14.3 Å². The summed E-state index contributed by atoms with van der Waals surface area (Å²) < 4.78 is 12.4. The number of hydrogen-bond acceptors (Lipinski definition) is 5. The third-order valence-corrected chi connectivity index (χ3v) is 4.93. The maximum absolute atomic E-state index is 12.5. The van der Waals surface area contributed by atoms with Crippen molar-refractivity contribution in [2.75, 3.05) is 20.0 Å². The summed E-state index contributed by atoms with van der Waals surface area (Å²) in [6.07, 6.45) is 3.54. The van der Waals surface area contributed by atoms with Crippen LogP contribution in [0.15, 0.2) is 60.0 Å². The number of Topliss-reactive ketones (excluding diaryl/α,β-unsaturated/α-hetero) is 1. The summed E-state index contributed by atoms with van der Waals surface area (Å²) in [5, 5.41) is 1.37. The molecule has 3 aromatic rings. The van der Waals surface area contributed by atoms with E-state index < -0.39 is 0 Å². The van der Waals surface area contributed by atoms with E-state index in [1.807, 2.05) is 35.0 Å². The number of imidazole rings is 1. The Labute approximate surface area is 160 Å². The highest BCUT2D eigenvalue weighted by Crippen LogP contribution is 2.29. The highest BCUT2D eigenvalue weighted by molar-refractivity contribution is 7.99. The molecule has 0 aliphatic carbocycles. The minimum Gasteiger partial charge on any atom is -0.493 e. The van der Waals surface area contributed by atoms with Crippen molar-refractivity contribution in [1.82, 2.24) is 9.55 Å². The topological polar surface area (TPSA) is 53.3 Å². The lowest BCUT2D eigenvalue weighted by Gasteiger charge is -2.10. The van der Waals surface area contributed by atoms with Gasteiger partial charge in [-0.15, -0.1) is 0 Å². The molecule has 0 fully saturated rings. The highest BCUT2D eigenvalue weighted by Gasteiger charge is 2.13. The molecule has 0 saturated carbocycles. The molecule has 0 amide bonds. The van der Waals surface area contributed by atoms with Crippen molar-refractivity contribution in [3.8, 4) is 17.2 Å². The molecule has 0 spiro atoms. The van der Waals surface area contributed by atoms with Gasteiger partial charge in [0.1, 0.15) is 0 Å². The zero-order chi connectivity index (χ0) is 18.5. The number of hydrogen-bond donors (Lipinski definition) is 0. The zero-order valence-corrected chi connectivity index (χ0v) is 15.9. The number of carbonyl (C=O) groups excluding carboxylic acids is 1. The van der Waals surface area contributed by atoms with Gasteiger partial charge in [-0.05, 0) is 36.4 Å². The number of ether oxygens (including phenoxy) is 2. The molecule has 0 unspecified atom stereocenters. The van der Waals surface area contributed by atoms with E-state index in [2.05, 4.69) is 4.98 Å². The SMILES string of the molecule is COc1ccc(C(=O)CSc2nccn2-c2cccc(Cl)c2)cc1OC. The Bertz CT molecular complexity index is 927. The fraction of sp³-hybridized carbons (Fsp3) is 0.158. The van der Waals surface area contributed by atoms with Gasteiger partial charge in [0.25, 0.3) is 0 Å². The molecule has 0 saturated heterocycles. The predicted molar refractivity (Wildman–Crippen MR) is 103 cm³/mol. The Morgan fingerprint density at radius 1 is 1.15 bits per heavy atom. The minimum absolute atomic E-state index is 0.0170. The van der Waals surface area contributed by atoms with Crippen molar-refractivity contribution in [2.45, 2.75) is 5.16 Å². The molecule has 3 rings (SSSR count).